The van der Waals surface area contributed by atoms with Crippen molar-refractivity contribution < 1.29 is 4.74 Å². The van der Waals surface area contributed by atoms with Crippen LogP contribution in [-0.4, -0.2) is 18.8 Å². The van der Waals surface area contributed by atoms with Gasteiger partial charge in [0.05, 0.1) is 0 Å². The first-order valence-corrected chi connectivity index (χ1v) is 5.37. The fraction of sp³-hybridized carbons (Fsp3) is 1.00. The average molecular weight is 187 g/mol. The molecule has 0 radical (unpaired) electrons. The number of rotatable bonds is 7. The lowest BCUT2D eigenvalue weighted by atomic mass is 9.87. The van der Waals surface area contributed by atoms with Crippen molar-refractivity contribution in [1.29, 1.82) is 0 Å². The van der Waals surface area contributed by atoms with Gasteiger partial charge in [-0.25, -0.2) is 0 Å². The first kappa shape index (κ1) is 12.9. The molecule has 0 fully saturated rings. The fourth-order valence-electron chi connectivity index (χ4n) is 0.929. The van der Waals surface area contributed by atoms with Gasteiger partial charge in [0.25, 0.3) is 0 Å². The van der Waals surface area contributed by atoms with Crippen molar-refractivity contribution >= 4 is 0 Å². The third kappa shape index (κ3) is 6.05. The van der Waals surface area contributed by atoms with E-state index in [0.717, 1.165) is 26.1 Å². The molecule has 0 aromatic heterocycles. The predicted octanol–water partition coefficient (Wildman–Crippen LogP) is 2.57. The maximum absolute atomic E-state index is 6.09. The molecule has 0 aromatic carbocycles. The van der Waals surface area contributed by atoms with Gasteiger partial charge < -0.3 is 10.5 Å². The summed E-state index contributed by atoms with van der Waals surface area (Å²) in [6, 6.07) is 0. The topological polar surface area (TPSA) is 35.2 Å². The molecule has 2 N–H and O–H groups in total. The Morgan fingerprint density at radius 2 is 1.92 bits per heavy atom. The van der Waals surface area contributed by atoms with E-state index in [9.17, 15) is 0 Å². The highest BCUT2D eigenvalue weighted by molar-refractivity contribution is 4.81. The zero-order chi connectivity index (χ0) is 10.3. The molecule has 1 atom stereocenters. The van der Waals surface area contributed by atoms with Gasteiger partial charge in [-0.2, -0.15) is 0 Å². The van der Waals surface area contributed by atoms with Gasteiger partial charge in [0.2, 0.25) is 0 Å². The molecule has 0 spiro atoms. The molecule has 0 aliphatic carbocycles. The van der Waals surface area contributed by atoms with E-state index in [1.54, 1.807) is 0 Å². The summed E-state index contributed by atoms with van der Waals surface area (Å²) in [6.45, 7) is 10.3. The second-order valence-corrected chi connectivity index (χ2v) is 4.38. The van der Waals surface area contributed by atoms with E-state index < -0.39 is 0 Å². The number of nitrogens with two attached hydrogens (primary N) is 1. The van der Waals surface area contributed by atoms with E-state index in [1.165, 1.54) is 6.42 Å². The van der Waals surface area contributed by atoms with Crippen LogP contribution < -0.4 is 5.73 Å². The van der Waals surface area contributed by atoms with Gasteiger partial charge in [0, 0.05) is 18.8 Å². The summed E-state index contributed by atoms with van der Waals surface area (Å²) in [5.74, 6) is 0.516. The van der Waals surface area contributed by atoms with Crippen LogP contribution >= 0.6 is 0 Å². The van der Waals surface area contributed by atoms with Crippen molar-refractivity contribution in [2.45, 2.75) is 52.5 Å². The van der Waals surface area contributed by atoms with Gasteiger partial charge in [0.1, 0.15) is 0 Å². The lowest BCUT2D eigenvalue weighted by Crippen LogP contribution is -2.42. The van der Waals surface area contributed by atoms with Crippen molar-refractivity contribution in [3.05, 3.63) is 0 Å². The van der Waals surface area contributed by atoms with Crippen LogP contribution in [0, 0.1) is 5.92 Å². The SMILES string of the molecule is CCCCOCCC(C)(N)C(C)C. The summed E-state index contributed by atoms with van der Waals surface area (Å²) < 4.78 is 5.48. The van der Waals surface area contributed by atoms with Crippen molar-refractivity contribution in [2.24, 2.45) is 11.7 Å². The van der Waals surface area contributed by atoms with Crippen LogP contribution in [-0.2, 0) is 4.74 Å². The zero-order valence-electron chi connectivity index (χ0n) is 9.60. The Bertz CT molecular complexity index is 121. The molecule has 0 amide bonds. The Kier molecular flexibility index (Phi) is 6.35. The Hall–Kier alpha value is -0.0800. The average Bonchev–Trinajstić information content (AvgIpc) is 2.03. The van der Waals surface area contributed by atoms with Crippen molar-refractivity contribution in [2.75, 3.05) is 13.2 Å². The molecule has 0 bridgehead atoms. The van der Waals surface area contributed by atoms with Gasteiger partial charge in [-0.05, 0) is 25.7 Å². The summed E-state index contributed by atoms with van der Waals surface area (Å²) in [4.78, 5) is 0. The highest BCUT2D eigenvalue weighted by Crippen LogP contribution is 2.16. The van der Waals surface area contributed by atoms with Crippen LogP contribution in [0.15, 0.2) is 0 Å². The minimum atomic E-state index is -0.0772. The quantitative estimate of drug-likeness (QED) is 0.622. The van der Waals surface area contributed by atoms with E-state index >= 15 is 0 Å². The van der Waals surface area contributed by atoms with Crippen molar-refractivity contribution in [1.82, 2.24) is 0 Å². The molecule has 0 aromatic rings. The molecular weight excluding hydrogens is 162 g/mol. The van der Waals surface area contributed by atoms with Gasteiger partial charge in [-0.1, -0.05) is 27.2 Å². The summed E-state index contributed by atoms with van der Waals surface area (Å²) in [5, 5.41) is 0. The Labute approximate surface area is 82.8 Å². The van der Waals surface area contributed by atoms with Gasteiger partial charge in [-0.3, -0.25) is 0 Å². The van der Waals surface area contributed by atoms with E-state index in [2.05, 4.69) is 27.7 Å². The monoisotopic (exact) mass is 187 g/mol. The van der Waals surface area contributed by atoms with Crippen LogP contribution in [0.1, 0.15) is 47.0 Å². The van der Waals surface area contributed by atoms with Crippen molar-refractivity contribution in [3.8, 4) is 0 Å². The molecule has 0 aliphatic heterocycles. The third-order valence-electron chi connectivity index (χ3n) is 2.75. The van der Waals surface area contributed by atoms with Gasteiger partial charge in [0.15, 0.2) is 0 Å². The normalized spacial score (nSPS) is 16.2. The molecule has 1 unspecified atom stereocenters. The van der Waals surface area contributed by atoms with E-state index in [4.69, 9.17) is 10.5 Å². The summed E-state index contributed by atoms with van der Waals surface area (Å²) in [7, 11) is 0. The number of hydrogen-bond donors (Lipinski definition) is 1. The largest absolute Gasteiger partial charge is 0.381 e. The van der Waals surface area contributed by atoms with Crippen LogP contribution in [0.3, 0.4) is 0 Å². The predicted molar refractivity (Wildman–Crippen MR) is 57.8 cm³/mol. The summed E-state index contributed by atoms with van der Waals surface area (Å²) >= 11 is 0. The second kappa shape index (κ2) is 6.39. The van der Waals surface area contributed by atoms with E-state index in [1.807, 2.05) is 0 Å². The minimum absolute atomic E-state index is 0.0772. The standard InChI is InChI=1S/C11H25NO/c1-5-6-8-13-9-7-11(4,12)10(2)3/h10H,5-9,12H2,1-4H3. The first-order chi connectivity index (χ1) is 6.00. The highest BCUT2D eigenvalue weighted by Gasteiger charge is 2.21. The van der Waals surface area contributed by atoms with Crippen molar-refractivity contribution in [3.63, 3.8) is 0 Å². The molecule has 0 saturated carbocycles. The Balaban J connectivity index is 3.41. The Morgan fingerprint density at radius 3 is 2.38 bits per heavy atom. The van der Waals surface area contributed by atoms with Gasteiger partial charge >= 0.3 is 0 Å². The molecule has 0 heterocycles. The second-order valence-electron chi connectivity index (χ2n) is 4.38. The fourth-order valence-corrected chi connectivity index (χ4v) is 0.929. The maximum atomic E-state index is 6.09. The minimum Gasteiger partial charge on any atom is -0.381 e. The summed E-state index contributed by atoms with van der Waals surface area (Å²) in [6.07, 6.45) is 3.31. The van der Waals surface area contributed by atoms with Crippen LogP contribution in [0.25, 0.3) is 0 Å². The van der Waals surface area contributed by atoms with Crippen LogP contribution in [0.5, 0.6) is 0 Å². The summed E-state index contributed by atoms with van der Waals surface area (Å²) in [5.41, 5.74) is 6.02. The van der Waals surface area contributed by atoms with E-state index in [-0.39, 0.29) is 5.54 Å². The maximum Gasteiger partial charge on any atom is 0.0483 e. The zero-order valence-corrected chi connectivity index (χ0v) is 9.60. The molecular formula is C11H25NO. The molecule has 13 heavy (non-hydrogen) atoms. The number of ether oxygens (including phenoxy) is 1. The lowest BCUT2D eigenvalue weighted by Gasteiger charge is -2.28. The van der Waals surface area contributed by atoms with Gasteiger partial charge in [-0.15, -0.1) is 0 Å². The molecule has 0 rings (SSSR count). The Morgan fingerprint density at radius 1 is 1.31 bits per heavy atom. The number of unbranched alkanes of at least 4 members (excludes halogenated alkanes) is 1. The lowest BCUT2D eigenvalue weighted by molar-refractivity contribution is 0.106. The van der Waals surface area contributed by atoms with Crippen LogP contribution in [0.2, 0.25) is 0 Å². The number of hydrogen-bond acceptors (Lipinski definition) is 2. The molecule has 2 heteroatoms. The smallest absolute Gasteiger partial charge is 0.0483 e. The first-order valence-electron chi connectivity index (χ1n) is 5.37. The van der Waals surface area contributed by atoms with Crippen LogP contribution in [0.4, 0.5) is 0 Å². The highest BCUT2D eigenvalue weighted by atomic mass is 16.5. The third-order valence-corrected chi connectivity index (χ3v) is 2.75. The molecule has 2 nitrogen and oxygen atoms in total. The molecule has 0 saturated heterocycles. The molecule has 0 aliphatic rings. The van der Waals surface area contributed by atoms with E-state index in [0.29, 0.717) is 5.92 Å². The molecule has 80 valence electrons.